The van der Waals surface area contributed by atoms with E-state index >= 15 is 0 Å². The van der Waals surface area contributed by atoms with Crippen LogP contribution in [0.4, 0.5) is 0 Å². The minimum Gasteiger partial charge on any atom is -0.478 e. The summed E-state index contributed by atoms with van der Waals surface area (Å²) in [5.41, 5.74) is 8.28. The molecule has 0 bridgehead atoms. The van der Waals surface area contributed by atoms with Crippen LogP contribution in [0.3, 0.4) is 0 Å². The zero-order valence-electron chi connectivity index (χ0n) is 22.3. The number of hydrogen-bond acceptors (Lipinski definition) is 3. The number of fused-ring (bicyclic) bond motifs is 2. The first-order valence-corrected chi connectivity index (χ1v) is 13.5. The molecule has 1 atom stereocenters. The third kappa shape index (κ3) is 5.08. The average molecular weight is 507 g/mol. The molecule has 1 aromatic heterocycles. The Kier molecular flexibility index (Phi) is 7.33. The van der Waals surface area contributed by atoms with Crippen molar-refractivity contribution in [3.05, 3.63) is 116 Å². The van der Waals surface area contributed by atoms with Crippen molar-refractivity contribution in [2.45, 2.75) is 65.2 Å². The summed E-state index contributed by atoms with van der Waals surface area (Å²) in [6.45, 7) is 6.06. The molecule has 4 aromatic rings. The molecular weight excluding hydrogens is 472 g/mol. The first kappa shape index (κ1) is 25.7. The second-order valence-corrected chi connectivity index (χ2v) is 10.6. The predicted octanol–water partition coefficient (Wildman–Crippen LogP) is 8.11. The monoisotopic (exact) mass is 506 g/mol. The Morgan fingerprint density at radius 1 is 1.03 bits per heavy atom. The molecule has 0 fully saturated rings. The molecule has 3 aromatic carbocycles. The second-order valence-electron chi connectivity index (χ2n) is 10.6. The van der Waals surface area contributed by atoms with Gasteiger partial charge in [0.05, 0.1) is 10.9 Å². The lowest BCUT2D eigenvalue weighted by Gasteiger charge is -2.17. The highest BCUT2D eigenvalue weighted by atomic mass is 16.4. The maximum absolute atomic E-state index is 13.6. The van der Waals surface area contributed by atoms with Crippen LogP contribution in [-0.2, 0) is 12.8 Å². The van der Waals surface area contributed by atoms with Crippen molar-refractivity contribution < 1.29 is 14.3 Å². The number of carboxylic acid groups (broad SMARTS) is 1. The lowest BCUT2D eigenvalue weighted by atomic mass is 9.90. The van der Waals surface area contributed by atoms with E-state index in [1.165, 1.54) is 11.1 Å². The van der Waals surface area contributed by atoms with Gasteiger partial charge in [-0.3, -0.25) is 4.79 Å². The maximum Gasteiger partial charge on any atom is 0.335 e. The van der Waals surface area contributed by atoms with Crippen molar-refractivity contribution in [1.29, 1.82) is 0 Å². The first-order chi connectivity index (χ1) is 18.3. The van der Waals surface area contributed by atoms with Gasteiger partial charge < -0.3 is 9.52 Å². The summed E-state index contributed by atoms with van der Waals surface area (Å²) in [6, 6.07) is 19.7. The van der Waals surface area contributed by atoms with E-state index in [9.17, 15) is 14.7 Å². The number of carboxylic acids is 1. The summed E-state index contributed by atoms with van der Waals surface area (Å²) in [5.74, 6) is -0.0396. The van der Waals surface area contributed by atoms with Crippen LogP contribution < -0.4 is 5.43 Å². The number of hydrogen-bond donors (Lipinski definition) is 1. The van der Waals surface area contributed by atoms with E-state index < -0.39 is 5.97 Å². The fraction of sp³-hybridized carbons (Fsp3) is 0.294. The summed E-state index contributed by atoms with van der Waals surface area (Å²) in [5, 5.41) is 10.1. The predicted molar refractivity (Wildman–Crippen MR) is 154 cm³/mol. The Morgan fingerprint density at radius 3 is 2.61 bits per heavy atom. The van der Waals surface area contributed by atoms with E-state index in [-0.39, 0.29) is 11.3 Å². The van der Waals surface area contributed by atoms with Crippen molar-refractivity contribution in [1.82, 2.24) is 0 Å². The summed E-state index contributed by atoms with van der Waals surface area (Å²) in [6.07, 6.45) is 7.47. The Hall–Kier alpha value is -3.92. The fourth-order valence-corrected chi connectivity index (χ4v) is 5.75. The van der Waals surface area contributed by atoms with Gasteiger partial charge in [-0.1, -0.05) is 55.5 Å². The van der Waals surface area contributed by atoms with Gasteiger partial charge in [-0.05, 0) is 110 Å². The fourth-order valence-electron chi connectivity index (χ4n) is 5.75. The van der Waals surface area contributed by atoms with Crippen LogP contribution in [0.5, 0.6) is 0 Å². The van der Waals surface area contributed by atoms with Gasteiger partial charge in [-0.15, -0.1) is 0 Å². The van der Waals surface area contributed by atoms with Crippen LogP contribution in [0.25, 0.3) is 22.6 Å². The van der Waals surface area contributed by atoms with Crippen LogP contribution in [0.2, 0.25) is 0 Å². The molecule has 0 aliphatic heterocycles. The summed E-state index contributed by atoms with van der Waals surface area (Å²) < 4.78 is 6.66. The van der Waals surface area contributed by atoms with Crippen molar-refractivity contribution in [3.8, 4) is 0 Å². The molecule has 0 saturated carbocycles. The Bertz CT molecular complexity index is 1610. The molecule has 0 spiro atoms. The van der Waals surface area contributed by atoms with E-state index in [4.69, 9.17) is 4.42 Å². The van der Waals surface area contributed by atoms with Gasteiger partial charge >= 0.3 is 5.97 Å². The smallest absolute Gasteiger partial charge is 0.335 e. The SMILES string of the molecule is Cc1cc([C@@H](C)CCCc2ccccc2C(=O)O)c2oc(C3=Cc4ccccc4CCC3)c(C)c(=O)c2c1. The molecule has 0 radical (unpaired) electrons. The molecular formula is C34H34O4. The number of carbonyl (C=O) groups is 1. The number of benzene rings is 3. The van der Waals surface area contributed by atoms with Gasteiger partial charge in [0.25, 0.3) is 0 Å². The van der Waals surface area contributed by atoms with Crippen LogP contribution in [0.15, 0.2) is 69.9 Å². The number of rotatable bonds is 7. The lowest BCUT2D eigenvalue weighted by molar-refractivity contribution is 0.0695. The number of aromatic carboxylic acids is 1. The van der Waals surface area contributed by atoms with Gasteiger partial charge in [0.15, 0.2) is 5.43 Å². The summed E-state index contributed by atoms with van der Waals surface area (Å²) in [4.78, 5) is 25.2. The largest absolute Gasteiger partial charge is 0.478 e. The van der Waals surface area contributed by atoms with Gasteiger partial charge in [0.2, 0.25) is 0 Å². The van der Waals surface area contributed by atoms with Crippen molar-refractivity contribution in [3.63, 3.8) is 0 Å². The highest BCUT2D eigenvalue weighted by Gasteiger charge is 2.21. The van der Waals surface area contributed by atoms with Gasteiger partial charge in [-0.25, -0.2) is 4.79 Å². The van der Waals surface area contributed by atoms with Crippen LogP contribution in [-0.4, -0.2) is 11.1 Å². The molecule has 194 valence electrons. The van der Waals surface area contributed by atoms with Gasteiger partial charge in [0.1, 0.15) is 11.3 Å². The zero-order chi connectivity index (χ0) is 26.8. The highest BCUT2D eigenvalue weighted by Crippen LogP contribution is 2.35. The standard InChI is InChI=1S/C34H34O4/c1-21-18-29(22(2)10-8-15-25-12-6-7-17-28(25)34(36)37)33-30(19-21)31(35)23(3)32(38-33)27-16-9-14-24-11-4-5-13-26(24)20-27/h4-7,11-13,17-20,22H,8-10,14-16H2,1-3H3,(H,36,37)/t22-/m0/s1. The van der Waals surface area contributed by atoms with Gasteiger partial charge in [-0.2, -0.15) is 0 Å². The van der Waals surface area contributed by atoms with E-state index in [2.05, 4.69) is 43.3 Å². The molecule has 1 aliphatic rings. The number of allylic oxidation sites excluding steroid dienone is 1. The Labute approximate surface area is 223 Å². The third-order valence-corrected chi connectivity index (χ3v) is 7.82. The molecule has 1 heterocycles. The van der Waals surface area contributed by atoms with E-state index in [0.29, 0.717) is 34.3 Å². The third-order valence-electron chi connectivity index (χ3n) is 7.82. The van der Waals surface area contributed by atoms with E-state index in [1.807, 2.05) is 32.0 Å². The molecule has 0 saturated heterocycles. The summed E-state index contributed by atoms with van der Waals surface area (Å²) in [7, 11) is 0. The molecule has 1 aliphatic carbocycles. The highest BCUT2D eigenvalue weighted by molar-refractivity contribution is 5.89. The van der Waals surface area contributed by atoms with Crippen LogP contribution >= 0.6 is 0 Å². The van der Waals surface area contributed by atoms with Crippen molar-refractivity contribution >= 4 is 28.6 Å². The molecule has 5 rings (SSSR count). The van der Waals surface area contributed by atoms with Crippen molar-refractivity contribution in [2.24, 2.45) is 0 Å². The van der Waals surface area contributed by atoms with Gasteiger partial charge in [0, 0.05) is 5.56 Å². The molecule has 38 heavy (non-hydrogen) atoms. The lowest BCUT2D eigenvalue weighted by Crippen LogP contribution is -2.11. The summed E-state index contributed by atoms with van der Waals surface area (Å²) >= 11 is 0. The normalized spacial score (nSPS) is 14.0. The zero-order valence-corrected chi connectivity index (χ0v) is 22.3. The molecule has 0 unspecified atom stereocenters. The quantitative estimate of drug-likeness (QED) is 0.275. The first-order valence-electron chi connectivity index (χ1n) is 13.5. The molecule has 0 amide bonds. The Morgan fingerprint density at radius 2 is 1.79 bits per heavy atom. The van der Waals surface area contributed by atoms with Crippen LogP contribution in [0, 0.1) is 13.8 Å². The minimum absolute atomic E-state index is 0.0345. The molecule has 1 N–H and O–H groups in total. The van der Waals surface area contributed by atoms with Crippen LogP contribution in [0.1, 0.15) is 88.0 Å². The Balaban J connectivity index is 1.50. The molecule has 4 nitrogen and oxygen atoms in total. The second kappa shape index (κ2) is 10.8. The topological polar surface area (TPSA) is 67.5 Å². The minimum atomic E-state index is -0.890. The van der Waals surface area contributed by atoms with E-state index in [0.717, 1.165) is 54.4 Å². The van der Waals surface area contributed by atoms with Crippen molar-refractivity contribution in [2.75, 3.05) is 0 Å². The number of aryl methyl sites for hydroxylation is 3. The average Bonchev–Trinajstić information content (AvgIpc) is 3.13. The molecule has 4 heteroatoms. The van der Waals surface area contributed by atoms with E-state index in [1.54, 1.807) is 12.1 Å². The maximum atomic E-state index is 13.6.